The van der Waals surface area contributed by atoms with Gasteiger partial charge < -0.3 is 10.2 Å². The number of rotatable bonds is 6. The molecule has 0 heterocycles. The summed E-state index contributed by atoms with van der Waals surface area (Å²) < 4.78 is 38.0. The highest BCUT2D eigenvalue weighted by Gasteiger charge is 2.61. The average molecular weight is 473 g/mol. The first-order chi connectivity index (χ1) is 15.3. The molecule has 2 nitrogen and oxygen atoms in total. The third-order valence-corrected chi connectivity index (χ3v) is 11.8. The van der Waals surface area contributed by atoms with Crippen molar-refractivity contribution in [3.8, 4) is 0 Å². The molecule has 0 aromatic rings. The van der Waals surface area contributed by atoms with Crippen LogP contribution < -0.4 is 0 Å². The van der Waals surface area contributed by atoms with E-state index in [0.717, 1.165) is 49.9 Å². The standard InChI is InChI=1S/C28H47F3O2/c1-5-27(33)16-15-25(3)19(17-27)9-10-20-22-12-11-21(26(22,4)14-13-23(20)25)18(2)7-6-8-24(32)28(29,30)31/h18-24,32-33H,5-17H2,1-4H3/t18-,19+,20+,21-,22+,23+,24-,25+,26-,27+/m1/s1. The minimum absolute atomic E-state index is 0.171. The van der Waals surface area contributed by atoms with Crippen LogP contribution >= 0.6 is 0 Å². The van der Waals surface area contributed by atoms with Crippen molar-refractivity contribution in [2.24, 2.45) is 46.3 Å². The molecule has 0 aromatic carbocycles. The van der Waals surface area contributed by atoms with Crippen molar-refractivity contribution in [1.82, 2.24) is 0 Å². The quantitative estimate of drug-likeness (QED) is 0.420. The van der Waals surface area contributed by atoms with Gasteiger partial charge in [-0.15, -0.1) is 0 Å². The number of hydrogen-bond donors (Lipinski definition) is 2. The van der Waals surface area contributed by atoms with Crippen molar-refractivity contribution >= 4 is 0 Å². The Morgan fingerprint density at radius 2 is 1.61 bits per heavy atom. The zero-order valence-corrected chi connectivity index (χ0v) is 21.3. The summed E-state index contributed by atoms with van der Waals surface area (Å²) in [4.78, 5) is 0. The lowest BCUT2D eigenvalue weighted by atomic mass is 9.43. The van der Waals surface area contributed by atoms with Gasteiger partial charge in [0.05, 0.1) is 5.60 Å². The molecule has 4 aliphatic rings. The van der Waals surface area contributed by atoms with E-state index in [1.807, 2.05) is 0 Å². The second-order valence-corrected chi connectivity index (χ2v) is 13.1. The molecule has 0 aliphatic heterocycles. The fraction of sp³-hybridized carbons (Fsp3) is 1.00. The van der Waals surface area contributed by atoms with E-state index in [2.05, 4.69) is 27.7 Å². The fourth-order valence-electron chi connectivity index (χ4n) is 9.62. The monoisotopic (exact) mass is 472 g/mol. The minimum Gasteiger partial charge on any atom is -0.390 e. The molecule has 0 spiro atoms. The van der Waals surface area contributed by atoms with Crippen LogP contribution in [0.25, 0.3) is 0 Å². The molecule has 10 atom stereocenters. The number of hydrogen-bond acceptors (Lipinski definition) is 2. The van der Waals surface area contributed by atoms with E-state index in [0.29, 0.717) is 35.0 Å². The normalized spacial score (nSPS) is 47.4. The summed E-state index contributed by atoms with van der Waals surface area (Å²) in [5.74, 6) is 3.95. The van der Waals surface area contributed by atoms with Crippen molar-refractivity contribution in [3.05, 3.63) is 0 Å². The molecule has 4 fully saturated rings. The second kappa shape index (κ2) is 8.98. The summed E-state index contributed by atoms with van der Waals surface area (Å²) >= 11 is 0. The van der Waals surface area contributed by atoms with Crippen LogP contribution in [0.2, 0.25) is 0 Å². The van der Waals surface area contributed by atoms with Gasteiger partial charge in [-0.05, 0) is 117 Å². The Hall–Kier alpha value is -0.290. The largest absolute Gasteiger partial charge is 0.414 e. The van der Waals surface area contributed by atoms with Gasteiger partial charge >= 0.3 is 6.18 Å². The lowest BCUT2D eigenvalue weighted by Gasteiger charge is -2.62. The van der Waals surface area contributed by atoms with Crippen LogP contribution in [-0.4, -0.2) is 28.1 Å². The molecule has 0 radical (unpaired) electrons. The van der Waals surface area contributed by atoms with Crippen molar-refractivity contribution in [2.75, 3.05) is 0 Å². The topological polar surface area (TPSA) is 40.5 Å². The van der Waals surface area contributed by atoms with Gasteiger partial charge in [0.15, 0.2) is 0 Å². The van der Waals surface area contributed by atoms with E-state index in [-0.39, 0.29) is 6.42 Å². The zero-order valence-electron chi connectivity index (χ0n) is 21.3. The van der Waals surface area contributed by atoms with Crippen LogP contribution in [0.5, 0.6) is 0 Å². The Balaban J connectivity index is 1.41. The number of alkyl halides is 3. The average Bonchev–Trinajstić information content (AvgIpc) is 3.11. The molecule has 4 saturated carbocycles. The highest BCUT2D eigenvalue weighted by atomic mass is 19.4. The molecule has 33 heavy (non-hydrogen) atoms. The molecule has 2 N–H and O–H groups in total. The Morgan fingerprint density at radius 3 is 2.27 bits per heavy atom. The van der Waals surface area contributed by atoms with Crippen LogP contribution in [0, 0.1) is 46.3 Å². The first kappa shape index (κ1) is 25.8. The van der Waals surface area contributed by atoms with Crippen LogP contribution in [0.3, 0.4) is 0 Å². The maximum atomic E-state index is 12.7. The van der Waals surface area contributed by atoms with Crippen molar-refractivity contribution < 1.29 is 23.4 Å². The molecule has 4 rings (SSSR count). The predicted octanol–water partition coefficient (Wildman–Crippen LogP) is 7.52. The fourth-order valence-corrected chi connectivity index (χ4v) is 9.62. The summed E-state index contributed by atoms with van der Waals surface area (Å²) in [7, 11) is 0. The molecule has 0 amide bonds. The van der Waals surface area contributed by atoms with Gasteiger partial charge in [-0.1, -0.05) is 40.5 Å². The Kier molecular flexibility index (Phi) is 7.02. The summed E-state index contributed by atoms with van der Waals surface area (Å²) in [6, 6.07) is 0. The van der Waals surface area contributed by atoms with E-state index >= 15 is 0 Å². The van der Waals surface area contributed by atoms with E-state index in [9.17, 15) is 23.4 Å². The summed E-state index contributed by atoms with van der Waals surface area (Å²) in [6.45, 7) is 9.41. The van der Waals surface area contributed by atoms with E-state index in [4.69, 9.17) is 0 Å². The molecule has 0 unspecified atom stereocenters. The predicted molar refractivity (Wildman–Crippen MR) is 126 cm³/mol. The van der Waals surface area contributed by atoms with Crippen LogP contribution in [-0.2, 0) is 0 Å². The van der Waals surface area contributed by atoms with Gasteiger partial charge in [0, 0.05) is 0 Å². The Bertz CT molecular complexity index is 695. The maximum Gasteiger partial charge on any atom is 0.414 e. The number of halogens is 3. The Morgan fingerprint density at radius 1 is 0.909 bits per heavy atom. The molecule has 0 saturated heterocycles. The van der Waals surface area contributed by atoms with Gasteiger partial charge in [-0.3, -0.25) is 0 Å². The smallest absolute Gasteiger partial charge is 0.390 e. The van der Waals surface area contributed by atoms with Crippen molar-refractivity contribution in [2.45, 2.75) is 129 Å². The van der Waals surface area contributed by atoms with Gasteiger partial charge in [0.1, 0.15) is 6.10 Å². The number of aliphatic hydroxyl groups excluding tert-OH is 1. The zero-order chi connectivity index (χ0) is 24.2. The van der Waals surface area contributed by atoms with Gasteiger partial charge in [0.25, 0.3) is 0 Å². The van der Waals surface area contributed by atoms with E-state index < -0.39 is 17.9 Å². The van der Waals surface area contributed by atoms with Crippen molar-refractivity contribution in [1.29, 1.82) is 0 Å². The maximum absolute atomic E-state index is 12.7. The summed E-state index contributed by atoms with van der Waals surface area (Å²) in [5, 5.41) is 20.3. The first-order valence-electron chi connectivity index (χ1n) is 13.8. The molecule has 5 heteroatoms. The SMILES string of the molecule is CC[C@]1(O)CC[C@@]2(C)[C@@H](CC[C@@H]3[C@@H]2CC[C@]2(C)[C@@H]([C@H](C)CCC[C@@H](O)C(F)(F)F)CC[C@@H]32)C1. The van der Waals surface area contributed by atoms with Crippen LogP contribution in [0.15, 0.2) is 0 Å². The van der Waals surface area contributed by atoms with Crippen LogP contribution in [0.4, 0.5) is 13.2 Å². The molecular formula is C28H47F3O2. The molecular weight excluding hydrogens is 425 g/mol. The lowest BCUT2D eigenvalue weighted by Crippen LogP contribution is -2.56. The van der Waals surface area contributed by atoms with Crippen LogP contribution in [0.1, 0.15) is 111 Å². The Labute approximate surface area is 199 Å². The van der Waals surface area contributed by atoms with Gasteiger partial charge in [0.2, 0.25) is 0 Å². The number of aliphatic hydroxyl groups is 2. The summed E-state index contributed by atoms with van der Waals surface area (Å²) in [5.41, 5.74) is 0.224. The van der Waals surface area contributed by atoms with Gasteiger partial charge in [-0.2, -0.15) is 13.2 Å². The molecule has 4 aliphatic carbocycles. The third-order valence-electron chi connectivity index (χ3n) is 11.8. The highest BCUT2D eigenvalue weighted by molar-refractivity contribution is 5.10. The molecule has 192 valence electrons. The highest BCUT2D eigenvalue weighted by Crippen LogP contribution is 2.69. The lowest BCUT2D eigenvalue weighted by molar-refractivity contribution is -0.205. The van der Waals surface area contributed by atoms with Gasteiger partial charge in [-0.25, -0.2) is 0 Å². The van der Waals surface area contributed by atoms with E-state index in [1.54, 1.807) is 0 Å². The second-order valence-electron chi connectivity index (χ2n) is 13.1. The first-order valence-corrected chi connectivity index (χ1v) is 13.8. The van der Waals surface area contributed by atoms with E-state index in [1.165, 1.54) is 38.5 Å². The third kappa shape index (κ3) is 4.52. The molecule has 0 aromatic heterocycles. The molecule has 0 bridgehead atoms. The minimum atomic E-state index is -4.49. The summed E-state index contributed by atoms with van der Waals surface area (Å²) in [6.07, 6.45) is 5.92. The van der Waals surface area contributed by atoms with Crippen molar-refractivity contribution in [3.63, 3.8) is 0 Å². The number of fused-ring (bicyclic) bond motifs is 5.